The minimum atomic E-state index is -4.25. The van der Waals surface area contributed by atoms with Gasteiger partial charge in [0.15, 0.2) is 0 Å². The van der Waals surface area contributed by atoms with Gasteiger partial charge in [-0.1, -0.05) is 0 Å². The van der Waals surface area contributed by atoms with Crippen LogP contribution in [0.3, 0.4) is 0 Å². The van der Waals surface area contributed by atoms with Crippen molar-refractivity contribution >= 4 is 5.69 Å². The third-order valence-corrected chi connectivity index (χ3v) is 4.03. The van der Waals surface area contributed by atoms with Gasteiger partial charge in [-0.25, -0.2) is 0 Å². The molecule has 18 heavy (non-hydrogen) atoms. The van der Waals surface area contributed by atoms with Crippen molar-refractivity contribution in [1.82, 2.24) is 0 Å². The van der Waals surface area contributed by atoms with E-state index in [-0.39, 0.29) is 6.04 Å². The van der Waals surface area contributed by atoms with Gasteiger partial charge in [-0.15, -0.1) is 0 Å². The van der Waals surface area contributed by atoms with Crippen LogP contribution in [0.2, 0.25) is 0 Å². The Morgan fingerprint density at radius 2 is 2.06 bits per heavy atom. The first-order valence-electron chi connectivity index (χ1n) is 6.19. The van der Waals surface area contributed by atoms with Crippen LogP contribution in [-0.2, 0) is 12.6 Å². The lowest BCUT2D eigenvalue weighted by molar-refractivity contribution is -0.137. The summed E-state index contributed by atoms with van der Waals surface area (Å²) in [7, 11) is 0. The number of hydrogen-bond donors (Lipinski definition) is 1. The monoisotopic (exact) mass is 256 g/mol. The largest absolute Gasteiger partial charge is 0.416 e. The normalized spacial score (nSPS) is 26.3. The lowest BCUT2D eigenvalue weighted by Crippen LogP contribution is -2.37. The lowest BCUT2D eigenvalue weighted by atomic mass is 10.0. The van der Waals surface area contributed by atoms with E-state index in [1.165, 1.54) is 12.1 Å². The Morgan fingerprint density at radius 1 is 1.28 bits per heavy atom. The Balaban J connectivity index is 1.98. The first kappa shape index (κ1) is 11.8. The van der Waals surface area contributed by atoms with Crippen LogP contribution in [0.25, 0.3) is 0 Å². The van der Waals surface area contributed by atoms with Crippen molar-refractivity contribution < 1.29 is 13.2 Å². The highest BCUT2D eigenvalue weighted by Crippen LogP contribution is 2.42. The summed E-state index contributed by atoms with van der Waals surface area (Å²) in [6.45, 7) is 0.566. The van der Waals surface area contributed by atoms with E-state index in [4.69, 9.17) is 5.73 Å². The van der Waals surface area contributed by atoms with Gasteiger partial charge in [0.1, 0.15) is 0 Å². The van der Waals surface area contributed by atoms with Gasteiger partial charge < -0.3 is 10.6 Å². The number of rotatable bonds is 1. The highest BCUT2D eigenvalue weighted by Gasteiger charge is 2.40. The summed E-state index contributed by atoms with van der Waals surface area (Å²) in [6, 6.07) is 4.70. The molecule has 1 fully saturated rings. The minimum Gasteiger partial charge on any atom is -0.364 e. The van der Waals surface area contributed by atoms with Gasteiger partial charge in [-0.3, -0.25) is 0 Å². The van der Waals surface area contributed by atoms with E-state index in [0.29, 0.717) is 12.6 Å². The Hall–Kier alpha value is -1.23. The van der Waals surface area contributed by atoms with Gasteiger partial charge in [-0.05, 0) is 43.0 Å². The third-order valence-electron chi connectivity index (χ3n) is 4.03. The van der Waals surface area contributed by atoms with Crippen molar-refractivity contribution in [3.05, 3.63) is 29.3 Å². The van der Waals surface area contributed by atoms with Gasteiger partial charge in [0.05, 0.1) is 5.56 Å². The quantitative estimate of drug-likeness (QED) is 0.836. The Bertz CT molecular complexity index is 470. The van der Waals surface area contributed by atoms with Crippen LogP contribution in [0.1, 0.15) is 24.0 Å². The molecule has 0 amide bonds. The molecule has 98 valence electrons. The van der Waals surface area contributed by atoms with Crippen molar-refractivity contribution in [2.45, 2.75) is 37.5 Å². The van der Waals surface area contributed by atoms with E-state index < -0.39 is 11.7 Å². The minimum absolute atomic E-state index is 0.285. The van der Waals surface area contributed by atoms with Crippen molar-refractivity contribution in [3.8, 4) is 0 Å². The number of fused-ring (bicyclic) bond motifs is 3. The van der Waals surface area contributed by atoms with Crippen LogP contribution in [0.5, 0.6) is 0 Å². The molecule has 0 aromatic heterocycles. The number of benzene rings is 1. The summed E-state index contributed by atoms with van der Waals surface area (Å²) in [5.41, 5.74) is 6.93. The smallest absolute Gasteiger partial charge is 0.364 e. The number of hydrogen-bond acceptors (Lipinski definition) is 2. The van der Waals surface area contributed by atoms with Crippen LogP contribution in [0.4, 0.5) is 18.9 Å². The third kappa shape index (κ3) is 1.68. The molecule has 0 bridgehead atoms. The summed E-state index contributed by atoms with van der Waals surface area (Å²) in [5.74, 6) is 0. The fraction of sp³-hybridized carbons (Fsp3) is 0.538. The zero-order valence-electron chi connectivity index (χ0n) is 9.87. The summed E-state index contributed by atoms with van der Waals surface area (Å²) in [6.07, 6.45) is -1.47. The number of nitrogens with zero attached hydrogens (tertiary/aromatic N) is 1. The molecule has 1 aromatic rings. The van der Waals surface area contributed by atoms with Crippen molar-refractivity contribution in [2.75, 3.05) is 11.4 Å². The fourth-order valence-corrected chi connectivity index (χ4v) is 3.22. The van der Waals surface area contributed by atoms with Crippen molar-refractivity contribution in [2.24, 2.45) is 5.73 Å². The molecule has 2 unspecified atom stereocenters. The van der Waals surface area contributed by atoms with E-state index in [0.717, 1.165) is 30.5 Å². The van der Waals surface area contributed by atoms with Gasteiger partial charge >= 0.3 is 6.18 Å². The molecule has 2 heterocycles. The fourth-order valence-electron chi connectivity index (χ4n) is 3.22. The summed E-state index contributed by atoms with van der Waals surface area (Å²) < 4.78 is 38.0. The second kappa shape index (κ2) is 3.88. The lowest BCUT2D eigenvalue weighted by Gasteiger charge is -2.26. The molecule has 2 atom stereocenters. The maximum Gasteiger partial charge on any atom is 0.416 e. The first-order chi connectivity index (χ1) is 8.50. The predicted molar refractivity (Wildman–Crippen MR) is 63.5 cm³/mol. The molecule has 1 aromatic carbocycles. The molecule has 5 heteroatoms. The van der Waals surface area contributed by atoms with Crippen LogP contribution >= 0.6 is 0 Å². The average molecular weight is 256 g/mol. The number of nitrogens with two attached hydrogens (primary N) is 1. The topological polar surface area (TPSA) is 29.3 Å². The van der Waals surface area contributed by atoms with Crippen LogP contribution in [-0.4, -0.2) is 18.6 Å². The molecule has 0 saturated carbocycles. The number of halogens is 3. The maximum absolute atomic E-state index is 12.7. The maximum atomic E-state index is 12.7. The van der Waals surface area contributed by atoms with E-state index >= 15 is 0 Å². The Kier molecular flexibility index (Phi) is 2.55. The number of alkyl halides is 3. The molecular formula is C13H15F3N2. The van der Waals surface area contributed by atoms with E-state index in [1.807, 2.05) is 0 Å². The molecule has 0 spiro atoms. The zero-order chi connectivity index (χ0) is 12.9. The van der Waals surface area contributed by atoms with E-state index in [9.17, 15) is 13.2 Å². The zero-order valence-corrected chi connectivity index (χ0v) is 9.87. The highest BCUT2D eigenvalue weighted by molar-refractivity contribution is 5.62. The standard InChI is InChI=1S/C13H15F3N2/c14-13(15,16)9-1-4-12-8(5-9)6-10-2-3-11(7-17)18(10)12/h1,4-5,10-11H,2-3,6-7,17H2. The summed E-state index contributed by atoms with van der Waals surface area (Å²) in [4.78, 5) is 2.22. The summed E-state index contributed by atoms with van der Waals surface area (Å²) in [5, 5.41) is 0. The van der Waals surface area contributed by atoms with E-state index in [2.05, 4.69) is 4.90 Å². The average Bonchev–Trinajstić information content (AvgIpc) is 2.84. The predicted octanol–water partition coefficient (Wildman–Crippen LogP) is 2.56. The Labute approximate surface area is 104 Å². The van der Waals surface area contributed by atoms with Crippen LogP contribution in [0.15, 0.2) is 18.2 Å². The molecule has 2 aliphatic rings. The molecule has 0 aliphatic carbocycles. The first-order valence-corrected chi connectivity index (χ1v) is 6.19. The second-order valence-electron chi connectivity index (χ2n) is 5.07. The van der Waals surface area contributed by atoms with Crippen molar-refractivity contribution in [3.63, 3.8) is 0 Å². The van der Waals surface area contributed by atoms with Gasteiger partial charge in [0.25, 0.3) is 0 Å². The number of anilines is 1. The Morgan fingerprint density at radius 3 is 2.72 bits per heavy atom. The SMILES string of the molecule is NCC1CCC2Cc3cc(C(F)(F)F)ccc3N12. The molecule has 3 rings (SSSR count). The van der Waals surface area contributed by atoms with Crippen LogP contribution in [0, 0.1) is 0 Å². The highest BCUT2D eigenvalue weighted by atomic mass is 19.4. The van der Waals surface area contributed by atoms with Crippen LogP contribution < -0.4 is 10.6 Å². The van der Waals surface area contributed by atoms with Gasteiger partial charge in [-0.2, -0.15) is 13.2 Å². The molecule has 1 saturated heterocycles. The van der Waals surface area contributed by atoms with Gasteiger partial charge in [0.2, 0.25) is 0 Å². The molecule has 0 radical (unpaired) electrons. The van der Waals surface area contributed by atoms with Gasteiger partial charge in [0, 0.05) is 24.3 Å². The summed E-state index contributed by atoms with van der Waals surface area (Å²) >= 11 is 0. The second-order valence-corrected chi connectivity index (χ2v) is 5.07. The molecule has 2 aliphatic heterocycles. The van der Waals surface area contributed by atoms with E-state index in [1.54, 1.807) is 6.07 Å². The molecule has 2 N–H and O–H groups in total. The van der Waals surface area contributed by atoms with Crippen molar-refractivity contribution in [1.29, 1.82) is 0 Å². The molecule has 2 nitrogen and oxygen atoms in total. The molecular weight excluding hydrogens is 241 g/mol.